The third-order valence-electron chi connectivity index (χ3n) is 2.55. The molecule has 0 aliphatic rings. The normalized spacial score (nSPS) is 10.4. The first-order chi connectivity index (χ1) is 8.11. The number of nitrogens with two attached hydrogens (primary N) is 1. The number of aromatic nitrogens is 2. The molecule has 2 rings (SSSR count). The summed E-state index contributed by atoms with van der Waals surface area (Å²) in [5.74, 6) is -0.771. The first-order valence-corrected chi connectivity index (χ1v) is 5.30. The lowest BCUT2D eigenvalue weighted by Gasteiger charge is -2.04. The van der Waals surface area contributed by atoms with Crippen LogP contribution in [-0.2, 0) is 6.42 Å². The van der Waals surface area contributed by atoms with Gasteiger partial charge in [-0.05, 0) is 24.1 Å². The van der Waals surface area contributed by atoms with Gasteiger partial charge in [-0.25, -0.2) is 9.48 Å². The van der Waals surface area contributed by atoms with Crippen LogP contribution in [0.25, 0.3) is 5.69 Å². The van der Waals surface area contributed by atoms with Gasteiger partial charge in [-0.15, -0.1) is 0 Å². The van der Waals surface area contributed by atoms with E-state index in [0.717, 1.165) is 12.1 Å². The monoisotopic (exact) mass is 231 g/mol. The molecule has 0 aliphatic heterocycles. The van der Waals surface area contributed by atoms with Crippen LogP contribution in [-0.4, -0.2) is 20.9 Å². The molecule has 0 saturated carbocycles. The average Bonchev–Trinajstić information content (AvgIpc) is 2.72. The van der Waals surface area contributed by atoms with Gasteiger partial charge in [-0.3, -0.25) is 0 Å². The Kier molecular flexibility index (Phi) is 2.82. The van der Waals surface area contributed by atoms with E-state index in [-0.39, 0.29) is 5.69 Å². The van der Waals surface area contributed by atoms with E-state index in [1.807, 2.05) is 24.3 Å². The van der Waals surface area contributed by atoms with E-state index >= 15 is 0 Å². The van der Waals surface area contributed by atoms with Crippen molar-refractivity contribution in [1.82, 2.24) is 9.78 Å². The Hall–Kier alpha value is -2.30. The first-order valence-electron chi connectivity index (χ1n) is 5.30. The Morgan fingerprint density at radius 3 is 2.53 bits per heavy atom. The lowest BCUT2D eigenvalue weighted by Crippen LogP contribution is -2.03. The molecule has 0 amide bonds. The maximum Gasteiger partial charge on any atom is 0.356 e. The summed E-state index contributed by atoms with van der Waals surface area (Å²) in [6, 6.07) is 9.02. The molecule has 0 aliphatic carbocycles. The smallest absolute Gasteiger partial charge is 0.356 e. The van der Waals surface area contributed by atoms with Gasteiger partial charge in [0.05, 0.1) is 5.69 Å². The summed E-state index contributed by atoms with van der Waals surface area (Å²) >= 11 is 0. The predicted octanol–water partition coefficient (Wildman–Crippen LogP) is 1.72. The van der Waals surface area contributed by atoms with Crippen LogP contribution in [0.5, 0.6) is 0 Å². The highest BCUT2D eigenvalue weighted by Gasteiger charge is 2.11. The molecule has 0 bridgehead atoms. The number of carboxylic acids is 1. The molecular weight excluding hydrogens is 218 g/mol. The molecular formula is C12H13N3O2. The Morgan fingerprint density at radius 2 is 2.06 bits per heavy atom. The third-order valence-corrected chi connectivity index (χ3v) is 2.55. The zero-order valence-corrected chi connectivity index (χ0v) is 9.42. The van der Waals surface area contributed by atoms with Crippen LogP contribution in [0.15, 0.2) is 30.3 Å². The number of hydrogen-bond donors (Lipinski definition) is 2. The van der Waals surface area contributed by atoms with E-state index in [1.165, 1.54) is 16.3 Å². The van der Waals surface area contributed by atoms with Crippen LogP contribution >= 0.6 is 0 Å². The van der Waals surface area contributed by atoms with Gasteiger partial charge in [-0.2, -0.15) is 5.10 Å². The fourth-order valence-corrected chi connectivity index (χ4v) is 1.58. The Morgan fingerprint density at radius 1 is 1.41 bits per heavy atom. The van der Waals surface area contributed by atoms with Gasteiger partial charge in [0, 0.05) is 6.07 Å². The summed E-state index contributed by atoms with van der Waals surface area (Å²) < 4.78 is 1.42. The maximum absolute atomic E-state index is 10.8. The van der Waals surface area contributed by atoms with Crippen molar-refractivity contribution in [3.05, 3.63) is 41.6 Å². The molecule has 1 aromatic carbocycles. The zero-order valence-electron chi connectivity index (χ0n) is 9.42. The van der Waals surface area contributed by atoms with E-state index < -0.39 is 5.97 Å². The fourth-order valence-electron chi connectivity index (χ4n) is 1.58. The minimum atomic E-state index is -1.08. The third kappa shape index (κ3) is 2.13. The number of nitrogen functional groups attached to an aromatic ring is 1. The van der Waals surface area contributed by atoms with Crippen LogP contribution in [0.1, 0.15) is 23.0 Å². The second-order valence-electron chi connectivity index (χ2n) is 3.69. The number of hydrogen-bond acceptors (Lipinski definition) is 3. The van der Waals surface area contributed by atoms with E-state index in [0.29, 0.717) is 5.82 Å². The molecule has 2 aromatic rings. The minimum absolute atomic E-state index is 0.0536. The maximum atomic E-state index is 10.8. The van der Waals surface area contributed by atoms with Crippen molar-refractivity contribution < 1.29 is 9.90 Å². The van der Waals surface area contributed by atoms with Gasteiger partial charge < -0.3 is 10.8 Å². The van der Waals surface area contributed by atoms with Crippen molar-refractivity contribution in [2.75, 3.05) is 5.73 Å². The minimum Gasteiger partial charge on any atom is -0.476 e. The quantitative estimate of drug-likeness (QED) is 0.842. The van der Waals surface area contributed by atoms with Crippen LogP contribution < -0.4 is 5.73 Å². The number of aromatic carboxylic acids is 1. The Labute approximate surface area is 98.5 Å². The van der Waals surface area contributed by atoms with E-state index in [1.54, 1.807) is 0 Å². The highest BCUT2D eigenvalue weighted by atomic mass is 16.4. The molecule has 0 fully saturated rings. The molecule has 0 radical (unpaired) electrons. The molecule has 3 N–H and O–H groups in total. The van der Waals surface area contributed by atoms with Gasteiger partial charge in [0.1, 0.15) is 5.82 Å². The SMILES string of the molecule is CCc1ccc(-n2nc(C(=O)O)cc2N)cc1. The molecule has 5 heteroatoms. The molecule has 0 spiro atoms. The number of anilines is 1. The summed E-state index contributed by atoms with van der Waals surface area (Å²) in [4.78, 5) is 10.8. The van der Waals surface area contributed by atoms with Gasteiger partial charge in [0.15, 0.2) is 5.69 Å². The van der Waals surface area contributed by atoms with Gasteiger partial charge in [-0.1, -0.05) is 19.1 Å². The molecule has 17 heavy (non-hydrogen) atoms. The number of carboxylic acid groups (broad SMARTS) is 1. The van der Waals surface area contributed by atoms with Crippen molar-refractivity contribution >= 4 is 11.8 Å². The molecule has 0 saturated heterocycles. The van der Waals surface area contributed by atoms with Crippen molar-refractivity contribution in [1.29, 1.82) is 0 Å². The summed E-state index contributed by atoms with van der Waals surface area (Å²) in [6.45, 7) is 2.07. The lowest BCUT2D eigenvalue weighted by molar-refractivity contribution is 0.0690. The Balaban J connectivity index is 2.41. The van der Waals surface area contributed by atoms with Crippen molar-refractivity contribution in [3.8, 4) is 5.69 Å². The highest BCUT2D eigenvalue weighted by molar-refractivity contribution is 5.86. The number of nitrogens with zero attached hydrogens (tertiary/aromatic N) is 2. The second-order valence-corrected chi connectivity index (χ2v) is 3.69. The number of rotatable bonds is 3. The van der Waals surface area contributed by atoms with Crippen LogP contribution in [0, 0.1) is 0 Å². The zero-order chi connectivity index (χ0) is 12.4. The summed E-state index contributed by atoms with van der Waals surface area (Å²) in [6.07, 6.45) is 0.954. The largest absolute Gasteiger partial charge is 0.476 e. The lowest BCUT2D eigenvalue weighted by atomic mass is 10.1. The molecule has 5 nitrogen and oxygen atoms in total. The molecule has 1 aromatic heterocycles. The van der Waals surface area contributed by atoms with Gasteiger partial charge >= 0.3 is 5.97 Å². The first kappa shape index (κ1) is 11.2. The summed E-state index contributed by atoms with van der Waals surface area (Å²) in [5, 5.41) is 12.7. The standard InChI is InChI=1S/C12H13N3O2/c1-2-8-3-5-9(6-4-8)15-11(13)7-10(14-15)12(16)17/h3-7H,2,13H2,1H3,(H,16,17). The van der Waals surface area contributed by atoms with Gasteiger partial charge in [0.25, 0.3) is 0 Å². The van der Waals surface area contributed by atoms with Crippen molar-refractivity contribution in [2.24, 2.45) is 0 Å². The van der Waals surface area contributed by atoms with Crippen LogP contribution in [0.3, 0.4) is 0 Å². The van der Waals surface area contributed by atoms with E-state index in [4.69, 9.17) is 10.8 Å². The summed E-state index contributed by atoms with van der Waals surface area (Å²) in [5.41, 5.74) is 7.63. The highest BCUT2D eigenvalue weighted by Crippen LogP contribution is 2.15. The van der Waals surface area contributed by atoms with Crippen LogP contribution in [0.2, 0.25) is 0 Å². The average molecular weight is 231 g/mol. The van der Waals surface area contributed by atoms with E-state index in [9.17, 15) is 4.79 Å². The molecule has 88 valence electrons. The second kappa shape index (κ2) is 4.29. The van der Waals surface area contributed by atoms with E-state index in [2.05, 4.69) is 12.0 Å². The number of carbonyl (C=O) groups is 1. The number of benzene rings is 1. The molecule has 0 atom stereocenters. The fraction of sp³-hybridized carbons (Fsp3) is 0.167. The predicted molar refractivity (Wildman–Crippen MR) is 64.3 cm³/mol. The molecule has 0 unspecified atom stereocenters. The van der Waals surface area contributed by atoms with Crippen LogP contribution in [0.4, 0.5) is 5.82 Å². The molecule has 1 heterocycles. The van der Waals surface area contributed by atoms with Gasteiger partial charge in [0.2, 0.25) is 0 Å². The summed E-state index contributed by atoms with van der Waals surface area (Å²) in [7, 11) is 0. The number of aryl methyl sites for hydroxylation is 1. The van der Waals surface area contributed by atoms with Crippen molar-refractivity contribution in [3.63, 3.8) is 0 Å². The van der Waals surface area contributed by atoms with Crippen molar-refractivity contribution in [2.45, 2.75) is 13.3 Å². The Bertz CT molecular complexity index is 543. The topological polar surface area (TPSA) is 81.1 Å².